The molecule has 1 aliphatic heterocycles. The number of carbonyl (C=O) groups is 1. The highest BCUT2D eigenvalue weighted by atomic mass is 32.1. The molecule has 0 saturated carbocycles. The number of amides is 1. The standard InChI is InChI=1S/C16H24N2OS/c1-2-8-16(9-4-10-17-16)15(19)18-13-5-3-6-14-12(13)7-11-20-14/h7,11,13,17H,2-6,8-10H2,1H3,(H,18,19). The maximum atomic E-state index is 12.8. The second-order valence-electron chi connectivity index (χ2n) is 6.08. The van der Waals surface area contributed by atoms with Crippen LogP contribution in [0.15, 0.2) is 11.4 Å². The largest absolute Gasteiger partial charge is 0.348 e. The van der Waals surface area contributed by atoms with Crippen molar-refractivity contribution >= 4 is 17.2 Å². The third-order valence-electron chi connectivity index (χ3n) is 4.71. The number of hydrogen-bond acceptors (Lipinski definition) is 3. The number of fused-ring (bicyclic) bond motifs is 1. The predicted molar refractivity (Wildman–Crippen MR) is 83.0 cm³/mol. The Morgan fingerprint density at radius 2 is 2.45 bits per heavy atom. The van der Waals surface area contributed by atoms with Crippen molar-refractivity contribution in [1.82, 2.24) is 10.6 Å². The van der Waals surface area contributed by atoms with Gasteiger partial charge in [0.25, 0.3) is 0 Å². The highest BCUT2D eigenvalue weighted by Gasteiger charge is 2.41. The minimum absolute atomic E-state index is 0.223. The number of rotatable bonds is 4. The van der Waals surface area contributed by atoms with Crippen LogP contribution < -0.4 is 10.6 Å². The molecule has 3 rings (SSSR count). The van der Waals surface area contributed by atoms with Gasteiger partial charge in [-0.05, 0) is 62.1 Å². The second-order valence-corrected chi connectivity index (χ2v) is 7.08. The minimum Gasteiger partial charge on any atom is -0.348 e. The van der Waals surface area contributed by atoms with Crippen LogP contribution in [0.25, 0.3) is 0 Å². The molecule has 2 N–H and O–H groups in total. The molecule has 0 aromatic carbocycles. The van der Waals surface area contributed by atoms with E-state index in [1.165, 1.54) is 23.3 Å². The maximum absolute atomic E-state index is 12.8. The number of aryl methyl sites for hydroxylation is 1. The summed E-state index contributed by atoms with van der Waals surface area (Å²) in [6.07, 6.45) is 7.54. The smallest absolute Gasteiger partial charge is 0.240 e. The fraction of sp³-hybridized carbons (Fsp3) is 0.688. The zero-order valence-electron chi connectivity index (χ0n) is 12.2. The van der Waals surface area contributed by atoms with Crippen LogP contribution in [-0.2, 0) is 11.2 Å². The van der Waals surface area contributed by atoms with E-state index in [2.05, 4.69) is 29.0 Å². The van der Waals surface area contributed by atoms with Gasteiger partial charge in [0.1, 0.15) is 0 Å². The summed E-state index contributed by atoms with van der Waals surface area (Å²) in [6, 6.07) is 2.42. The molecule has 0 spiro atoms. The number of thiophene rings is 1. The normalized spacial score (nSPS) is 29.1. The molecule has 1 fully saturated rings. The van der Waals surface area contributed by atoms with Gasteiger partial charge in [-0.15, -0.1) is 11.3 Å². The van der Waals surface area contributed by atoms with Crippen LogP contribution in [0, 0.1) is 0 Å². The molecular weight excluding hydrogens is 268 g/mol. The molecule has 2 unspecified atom stereocenters. The molecular formula is C16H24N2OS. The SMILES string of the molecule is CCCC1(C(=O)NC2CCCc3sccc32)CCCN1. The Morgan fingerprint density at radius 1 is 1.55 bits per heavy atom. The Bertz CT molecular complexity index is 477. The summed E-state index contributed by atoms with van der Waals surface area (Å²) in [6.45, 7) is 3.13. The van der Waals surface area contributed by atoms with Crippen LogP contribution in [0.1, 0.15) is 61.9 Å². The first-order valence-corrected chi connectivity index (χ1v) is 8.75. The summed E-state index contributed by atoms with van der Waals surface area (Å²) >= 11 is 1.83. The maximum Gasteiger partial charge on any atom is 0.240 e. The molecule has 2 heterocycles. The zero-order chi connectivity index (χ0) is 14.0. The Balaban J connectivity index is 1.73. The summed E-state index contributed by atoms with van der Waals surface area (Å²) in [7, 11) is 0. The molecule has 2 atom stereocenters. The van der Waals surface area contributed by atoms with Gasteiger partial charge in [0.05, 0.1) is 11.6 Å². The number of hydrogen-bond donors (Lipinski definition) is 2. The molecule has 1 aromatic rings. The minimum atomic E-state index is -0.303. The molecule has 4 heteroatoms. The summed E-state index contributed by atoms with van der Waals surface area (Å²) < 4.78 is 0. The van der Waals surface area contributed by atoms with Gasteiger partial charge < -0.3 is 10.6 Å². The van der Waals surface area contributed by atoms with Gasteiger partial charge in [-0.2, -0.15) is 0 Å². The van der Waals surface area contributed by atoms with E-state index in [0.29, 0.717) is 0 Å². The quantitative estimate of drug-likeness (QED) is 0.895. The number of nitrogens with one attached hydrogen (secondary N) is 2. The molecule has 1 aliphatic carbocycles. The molecule has 3 nitrogen and oxygen atoms in total. The fourth-order valence-corrected chi connectivity index (χ4v) is 4.67. The van der Waals surface area contributed by atoms with E-state index in [0.717, 1.165) is 38.6 Å². The summed E-state index contributed by atoms with van der Waals surface area (Å²) in [5.41, 5.74) is 1.06. The fourth-order valence-electron chi connectivity index (χ4n) is 3.69. The Labute approximate surface area is 125 Å². The van der Waals surface area contributed by atoms with Crippen molar-refractivity contribution < 1.29 is 4.79 Å². The lowest BCUT2D eigenvalue weighted by Gasteiger charge is -2.32. The first-order chi connectivity index (χ1) is 9.75. The lowest BCUT2D eigenvalue weighted by Crippen LogP contribution is -2.54. The van der Waals surface area contributed by atoms with Crippen LogP contribution >= 0.6 is 11.3 Å². The average Bonchev–Trinajstić information content (AvgIpc) is 3.08. The van der Waals surface area contributed by atoms with Gasteiger partial charge in [-0.3, -0.25) is 4.79 Å². The second kappa shape index (κ2) is 5.86. The molecule has 110 valence electrons. The Kier molecular flexibility index (Phi) is 4.13. The van der Waals surface area contributed by atoms with Crippen molar-refractivity contribution in [2.75, 3.05) is 6.54 Å². The topological polar surface area (TPSA) is 41.1 Å². The molecule has 20 heavy (non-hydrogen) atoms. The van der Waals surface area contributed by atoms with Gasteiger partial charge in [0.2, 0.25) is 5.91 Å². The molecule has 0 radical (unpaired) electrons. The highest BCUT2D eigenvalue weighted by molar-refractivity contribution is 7.10. The van der Waals surface area contributed by atoms with Gasteiger partial charge >= 0.3 is 0 Å². The monoisotopic (exact) mass is 292 g/mol. The first kappa shape index (κ1) is 14.1. The van der Waals surface area contributed by atoms with Crippen LogP contribution in [0.2, 0.25) is 0 Å². The van der Waals surface area contributed by atoms with Crippen molar-refractivity contribution in [1.29, 1.82) is 0 Å². The van der Waals surface area contributed by atoms with E-state index in [-0.39, 0.29) is 17.5 Å². The van der Waals surface area contributed by atoms with Crippen molar-refractivity contribution in [2.24, 2.45) is 0 Å². The van der Waals surface area contributed by atoms with Crippen LogP contribution in [0.3, 0.4) is 0 Å². The Hall–Kier alpha value is -0.870. The van der Waals surface area contributed by atoms with Gasteiger partial charge in [-0.25, -0.2) is 0 Å². The van der Waals surface area contributed by atoms with E-state index in [9.17, 15) is 4.79 Å². The third-order valence-corrected chi connectivity index (χ3v) is 5.71. The van der Waals surface area contributed by atoms with E-state index >= 15 is 0 Å². The van der Waals surface area contributed by atoms with E-state index in [4.69, 9.17) is 0 Å². The van der Waals surface area contributed by atoms with Crippen molar-refractivity contribution in [3.05, 3.63) is 21.9 Å². The van der Waals surface area contributed by atoms with Crippen LogP contribution in [-0.4, -0.2) is 18.0 Å². The summed E-state index contributed by atoms with van der Waals surface area (Å²) in [5.74, 6) is 0.223. The molecule has 1 aromatic heterocycles. The summed E-state index contributed by atoms with van der Waals surface area (Å²) in [4.78, 5) is 14.3. The van der Waals surface area contributed by atoms with Gasteiger partial charge in [-0.1, -0.05) is 13.3 Å². The molecule has 0 bridgehead atoms. The van der Waals surface area contributed by atoms with Crippen molar-refractivity contribution in [3.8, 4) is 0 Å². The van der Waals surface area contributed by atoms with Crippen LogP contribution in [0.4, 0.5) is 0 Å². The summed E-state index contributed by atoms with van der Waals surface area (Å²) in [5, 5.41) is 8.96. The predicted octanol–water partition coefficient (Wildman–Crippen LogP) is 3.16. The molecule has 1 saturated heterocycles. The van der Waals surface area contributed by atoms with E-state index in [1.54, 1.807) is 0 Å². The zero-order valence-corrected chi connectivity index (χ0v) is 13.0. The van der Waals surface area contributed by atoms with Gasteiger partial charge in [0.15, 0.2) is 0 Å². The van der Waals surface area contributed by atoms with Crippen LogP contribution in [0.5, 0.6) is 0 Å². The van der Waals surface area contributed by atoms with E-state index < -0.39 is 0 Å². The molecule has 1 amide bonds. The van der Waals surface area contributed by atoms with Crippen molar-refractivity contribution in [3.63, 3.8) is 0 Å². The first-order valence-electron chi connectivity index (χ1n) is 7.87. The Morgan fingerprint density at radius 3 is 3.20 bits per heavy atom. The highest BCUT2D eigenvalue weighted by Crippen LogP contribution is 2.34. The lowest BCUT2D eigenvalue weighted by atomic mass is 9.88. The van der Waals surface area contributed by atoms with Gasteiger partial charge in [0, 0.05) is 4.88 Å². The average molecular weight is 292 g/mol. The lowest BCUT2D eigenvalue weighted by molar-refractivity contribution is -0.128. The van der Waals surface area contributed by atoms with Crippen molar-refractivity contribution in [2.45, 2.75) is 63.5 Å². The van der Waals surface area contributed by atoms with E-state index in [1.807, 2.05) is 11.3 Å². The number of carbonyl (C=O) groups excluding carboxylic acids is 1. The molecule has 2 aliphatic rings. The third kappa shape index (κ3) is 2.51.